The Balaban J connectivity index is 4.84. The molecule has 0 radical (unpaired) electrons. The molecule has 0 aromatic heterocycles. The van der Waals surface area contributed by atoms with E-state index in [0.29, 0.717) is 6.42 Å². The van der Waals surface area contributed by atoms with E-state index in [1.54, 1.807) is 0 Å². The highest BCUT2D eigenvalue weighted by Gasteiger charge is 2.33. The predicted molar refractivity (Wildman–Crippen MR) is 71.5 cm³/mol. The molecule has 6 unspecified atom stereocenters. The summed E-state index contributed by atoms with van der Waals surface area (Å²) >= 11 is 0. The zero-order valence-corrected chi connectivity index (χ0v) is 13.5. The summed E-state index contributed by atoms with van der Waals surface area (Å²) in [5.74, 6) is 0. The van der Waals surface area contributed by atoms with Gasteiger partial charge in [0, 0.05) is 28.4 Å². The normalized spacial score (nSPS) is 17.7. The van der Waals surface area contributed by atoms with E-state index < -0.39 is 28.7 Å². The van der Waals surface area contributed by atoms with E-state index in [4.69, 9.17) is 18.1 Å². The highest BCUT2D eigenvalue weighted by Crippen LogP contribution is 2.21. The third kappa shape index (κ3) is 7.26. The number of rotatable bonds is 9. The van der Waals surface area contributed by atoms with Gasteiger partial charge in [-0.1, -0.05) is 6.92 Å². The minimum absolute atomic E-state index is 0.103. The molecule has 11 heteroatoms. The molecule has 0 bridgehead atoms. The Bertz CT molecular complexity index is 294. The fraction of sp³-hybridized carbons (Fsp3) is 1.00. The fourth-order valence-electron chi connectivity index (χ4n) is 1.25. The van der Waals surface area contributed by atoms with E-state index in [1.165, 1.54) is 0 Å². The van der Waals surface area contributed by atoms with Gasteiger partial charge in [-0.05, 0) is 6.42 Å². The van der Waals surface area contributed by atoms with Gasteiger partial charge in [0.05, 0.1) is 12.7 Å². The Hall–Kier alpha value is 1.04. The van der Waals surface area contributed by atoms with Gasteiger partial charge in [-0.3, -0.25) is 4.55 Å². The van der Waals surface area contributed by atoms with Crippen LogP contribution < -0.4 is 0 Å². The Labute approximate surface area is 108 Å². The Morgan fingerprint density at radius 1 is 1.18 bits per heavy atom. The molecule has 0 aliphatic rings. The third-order valence-corrected chi connectivity index (χ3v) is 3.32. The summed E-state index contributed by atoms with van der Waals surface area (Å²) in [4.78, 5) is 0. The van der Waals surface area contributed by atoms with Crippen molar-refractivity contribution in [3.63, 3.8) is 0 Å². The maximum atomic E-state index is 10.7. The van der Waals surface area contributed by atoms with E-state index in [2.05, 4.69) is 13.6 Å². The summed E-state index contributed by atoms with van der Waals surface area (Å²) in [5.41, 5.74) is 0. The SMILES string of the molecule is CCC(OP)C(OP)C(COP)OS(=O)(=O)O. The van der Waals surface area contributed by atoms with Gasteiger partial charge in [0.1, 0.15) is 12.2 Å². The highest BCUT2D eigenvalue weighted by atomic mass is 32.3. The summed E-state index contributed by atoms with van der Waals surface area (Å²) in [5, 5.41) is 0. The predicted octanol–water partition coefficient (Wildman–Crippen LogP) is 0.742. The number of hydrogen-bond acceptors (Lipinski definition) is 6. The second kappa shape index (κ2) is 9.03. The van der Waals surface area contributed by atoms with Crippen molar-refractivity contribution in [2.75, 3.05) is 6.61 Å². The van der Waals surface area contributed by atoms with Crippen LogP contribution in [0.25, 0.3) is 0 Å². The van der Waals surface area contributed by atoms with Crippen LogP contribution in [0.15, 0.2) is 0 Å². The van der Waals surface area contributed by atoms with Crippen LogP contribution in [0.2, 0.25) is 0 Å². The van der Waals surface area contributed by atoms with Gasteiger partial charge in [-0.15, -0.1) is 0 Å². The monoisotopic (exact) mass is 326 g/mol. The van der Waals surface area contributed by atoms with Crippen molar-refractivity contribution in [1.29, 1.82) is 0 Å². The smallest absolute Gasteiger partial charge is 0.363 e. The van der Waals surface area contributed by atoms with Crippen LogP contribution in [0.1, 0.15) is 13.3 Å². The van der Waals surface area contributed by atoms with Crippen LogP contribution in [-0.4, -0.2) is 37.9 Å². The first-order valence-corrected chi connectivity index (χ1v) is 7.36. The molecule has 0 fully saturated rings. The van der Waals surface area contributed by atoms with Crippen molar-refractivity contribution in [2.24, 2.45) is 0 Å². The quantitative estimate of drug-likeness (QED) is 0.493. The van der Waals surface area contributed by atoms with Gasteiger partial charge in [0.25, 0.3) is 0 Å². The first kappa shape index (κ1) is 18.0. The summed E-state index contributed by atoms with van der Waals surface area (Å²) in [6, 6.07) is 0. The van der Waals surface area contributed by atoms with Crippen LogP contribution >= 0.6 is 28.4 Å². The lowest BCUT2D eigenvalue weighted by Crippen LogP contribution is -2.43. The summed E-state index contributed by atoms with van der Waals surface area (Å²) < 4.78 is 49.4. The van der Waals surface area contributed by atoms with Crippen LogP contribution in [0, 0.1) is 0 Å². The summed E-state index contributed by atoms with van der Waals surface area (Å²) in [6.07, 6.45) is -1.62. The van der Waals surface area contributed by atoms with Crippen molar-refractivity contribution in [2.45, 2.75) is 31.7 Å². The Kier molecular flexibility index (Phi) is 9.58. The van der Waals surface area contributed by atoms with Gasteiger partial charge in [0.15, 0.2) is 0 Å². The Morgan fingerprint density at radius 3 is 2.06 bits per heavy atom. The average Bonchev–Trinajstić information content (AvgIpc) is 2.23. The molecule has 1 N–H and O–H groups in total. The van der Waals surface area contributed by atoms with Crippen molar-refractivity contribution in [3.05, 3.63) is 0 Å². The molecule has 0 amide bonds. The number of hydrogen-bond donors (Lipinski definition) is 1. The topological polar surface area (TPSA) is 91.3 Å². The molecule has 17 heavy (non-hydrogen) atoms. The lowest BCUT2D eigenvalue weighted by molar-refractivity contribution is -0.0243. The van der Waals surface area contributed by atoms with Gasteiger partial charge >= 0.3 is 10.4 Å². The molecule has 0 heterocycles. The van der Waals surface area contributed by atoms with Crippen LogP contribution in [0.5, 0.6) is 0 Å². The molecular weight excluding hydrogens is 309 g/mol. The zero-order chi connectivity index (χ0) is 13.5. The Morgan fingerprint density at radius 2 is 1.76 bits per heavy atom. The van der Waals surface area contributed by atoms with E-state index >= 15 is 0 Å². The molecule has 0 saturated heterocycles. The lowest BCUT2D eigenvalue weighted by atomic mass is 10.1. The van der Waals surface area contributed by atoms with Crippen molar-refractivity contribution in [1.82, 2.24) is 0 Å². The second-order valence-electron chi connectivity index (χ2n) is 3.08. The minimum atomic E-state index is -4.59. The fourth-order valence-corrected chi connectivity index (χ4v) is 2.61. The first-order chi connectivity index (χ1) is 7.89. The van der Waals surface area contributed by atoms with Crippen molar-refractivity contribution < 1.29 is 30.7 Å². The molecule has 7 nitrogen and oxygen atoms in total. The minimum Gasteiger partial charge on any atom is -0.363 e. The van der Waals surface area contributed by atoms with Gasteiger partial charge in [0.2, 0.25) is 0 Å². The molecular formula is C6H17O7P3S. The average molecular weight is 326 g/mol. The zero-order valence-electron chi connectivity index (χ0n) is 9.18. The van der Waals surface area contributed by atoms with Gasteiger partial charge in [-0.2, -0.15) is 8.42 Å². The molecule has 0 aromatic carbocycles. The lowest BCUT2D eigenvalue weighted by Gasteiger charge is -2.29. The van der Waals surface area contributed by atoms with E-state index in [9.17, 15) is 8.42 Å². The van der Waals surface area contributed by atoms with E-state index in [0.717, 1.165) is 0 Å². The van der Waals surface area contributed by atoms with E-state index in [1.807, 2.05) is 25.9 Å². The van der Waals surface area contributed by atoms with Crippen LogP contribution in [-0.2, 0) is 28.2 Å². The van der Waals surface area contributed by atoms with E-state index in [-0.39, 0.29) is 6.61 Å². The standard InChI is InChI=1S/C6H17O7P3S/c1-2-4(11-15)6(12-16)5(3-10-14)13-17(7,8)9/h4-6H,2-3,14-16H2,1H3,(H,7,8,9). The molecule has 0 aliphatic heterocycles. The molecule has 0 rings (SSSR count). The molecule has 0 spiro atoms. The van der Waals surface area contributed by atoms with Gasteiger partial charge < -0.3 is 13.6 Å². The summed E-state index contributed by atoms with van der Waals surface area (Å²) in [6.45, 7) is 1.73. The summed E-state index contributed by atoms with van der Waals surface area (Å²) in [7, 11) is 1.44. The van der Waals surface area contributed by atoms with Crippen molar-refractivity contribution in [3.8, 4) is 0 Å². The van der Waals surface area contributed by atoms with Crippen molar-refractivity contribution >= 4 is 38.8 Å². The highest BCUT2D eigenvalue weighted by molar-refractivity contribution is 7.80. The maximum absolute atomic E-state index is 10.7. The molecule has 104 valence electrons. The van der Waals surface area contributed by atoms with Crippen LogP contribution in [0.3, 0.4) is 0 Å². The largest absolute Gasteiger partial charge is 0.397 e. The first-order valence-electron chi connectivity index (χ1n) is 4.58. The van der Waals surface area contributed by atoms with Crippen LogP contribution in [0.4, 0.5) is 0 Å². The molecule has 0 aromatic rings. The molecule has 6 atom stereocenters. The molecule has 0 aliphatic carbocycles. The molecule has 0 saturated carbocycles. The van der Waals surface area contributed by atoms with Gasteiger partial charge in [-0.25, -0.2) is 4.18 Å². The third-order valence-electron chi connectivity index (χ3n) is 1.97. The maximum Gasteiger partial charge on any atom is 0.397 e. The second-order valence-corrected chi connectivity index (χ2v) is 5.00.